The van der Waals surface area contributed by atoms with Crippen molar-refractivity contribution in [2.45, 2.75) is 25.0 Å². The molecule has 0 aromatic heterocycles. The van der Waals surface area contributed by atoms with Gasteiger partial charge in [-0.25, -0.2) is 0 Å². The lowest BCUT2D eigenvalue weighted by molar-refractivity contribution is 0.848. The van der Waals surface area contributed by atoms with E-state index in [0.717, 1.165) is 5.25 Å². The molecule has 0 aromatic carbocycles. The lowest BCUT2D eigenvalue weighted by Gasteiger charge is -1.98. The molecule has 0 saturated carbocycles. The molecule has 1 aliphatic heterocycles. The zero-order valence-corrected chi connectivity index (χ0v) is 5.50. The minimum atomic E-state index is 0.889. The Bertz CT molecular complexity index is 46.1. The Morgan fingerprint density at radius 3 is 2.86 bits per heavy atom. The largest absolute Gasteiger partial charge is 0.158 e. The van der Waals surface area contributed by atoms with Crippen LogP contribution in [0.4, 0.5) is 0 Å². The third kappa shape index (κ3) is 1.37. The van der Waals surface area contributed by atoms with Crippen LogP contribution in [0.15, 0.2) is 0 Å². The quantitative estimate of drug-likeness (QED) is 0.504. The normalized spacial score (nSPS) is 31.3. The molecule has 1 heterocycles. The highest BCUT2D eigenvalue weighted by molar-refractivity contribution is 8.00. The highest BCUT2D eigenvalue weighted by Crippen LogP contribution is 2.27. The summed E-state index contributed by atoms with van der Waals surface area (Å²) in [6.07, 6.45) is 5.15. The smallest absolute Gasteiger partial charge is 0.00759 e. The van der Waals surface area contributed by atoms with E-state index in [1.165, 1.54) is 18.6 Å². The van der Waals surface area contributed by atoms with Gasteiger partial charge in [-0.3, -0.25) is 0 Å². The van der Waals surface area contributed by atoms with Gasteiger partial charge in [0.25, 0.3) is 0 Å². The van der Waals surface area contributed by atoms with Crippen molar-refractivity contribution < 1.29 is 0 Å². The third-order valence-corrected chi connectivity index (χ3v) is 2.80. The molecule has 1 saturated heterocycles. The molecule has 1 unspecified atom stereocenters. The van der Waals surface area contributed by atoms with Gasteiger partial charge in [-0.15, -0.1) is 0 Å². The molecule has 1 atom stereocenters. The van der Waals surface area contributed by atoms with Crippen molar-refractivity contribution in [2.24, 2.45) is 0 Å². The summed E-state index contributed by atoms with van der Waals surface area (Å²) in [5, 5.41) is 0.889. The fourth-order valence-electron chi connectivity index (χ4n) is 0.865. The summed E-state index contributed by atoms with van der Waals surface area (Å²) in [7, 11) is 0. The van der Waals surface area contributed by atoms with Crippen LogP contribution in [-0.4, -0.2) is 11.0 Å². The standard InChI is InChI=1S/C6H11S/c1-2-6-4-3-5-7-6/h2,6H,3-5H2,1H3. The summed E-state index contributed by atoms with van der Waals surface area (Å²) in [6.45, 7) is 2.16. The molecule has 0 amide bonds. The zero-order valence-electron chi connectivity index (χ0n) is 4.68. The predicted molar refractivity (Wildman–Crippen MR) is 35.5 cm³/mol. The molecule has 1 rings (SSSR count). The summed E-state index contributed by atoms with van der Waals surface area (Å²) >= 11 is 2.09. The van der Waals surface area contributed by atoms with Crippen LogP contribution in [0.5, 0.6) is 0 Å². The van der Waals surface area contributed by atoms with Gasteiger partial charge in [0.15, 0.2) is 0 Å². The Labute approximate surface area is 49.7 Å². The predicted octanol–water partition coefficient (Wildman–Crippen LogP) is 2.11. The second kappa shape index (κ2) is 2.61. The number of hydrogen-bond acceptors (Lipinski definition) is 1. The summed E-state index contributed by atoms with van der Waals surface area (Å²) in [6, 6.07) is 0. The van der Waals surface area contributed by atoms with Gasteiger partial charge in [-0.1, -0.05) is 6.92 Å². The molecular weight excluding hydrogens is 104 g/mol. The molecule has 1 heteroatoms. The van der Waals surface area contributed by atoms with Crippen molar-refractivity contribution in [3.8, 4) is 0 Å². The summed E-state index contributed by atoms with van der Waals surface area (Å²) in [5.41, 5.74) is 0. The van der Waals surface area contributed by atoms with Crippen molar-refractivity contribution in [1.82, 2.24) is 0 Å². The second-order valence-corrected chi connectivity index (χ2v) is 3.23. The number of thioether (sulfide) groups is 1. The van der Waals surface area contributed by atoms with Crippen LogP contribution in [0.2, 0.25) is 0 Å². The Kier molecular flexibility index (Phi) is 2.04. The van der Waals surface area contributed by atoms with Crippen LogP contribution in [0.25, 0.3) is 0 Å². The van der Waals surface area contributed by atoms with Crippen molar-refractivity contribution in [1.29, 1.82) is 0 Å². The fourth-order valence-corrected chi connectivity index (χ4v) is 2.03. The Balaban J connectivity index is 2.14. The molecule has 0 aromatic rings. The minimum Gasteiger partial charge on any atom is -0.158 e. The molecule has 41 valence electrons. The van der Waals surface area contributed by atoms with E-state index < -0.39 is 0 Å². The third-order valence-electron chi connectivity index (χ3n) is 1.34. The van der Waals surface area contributed by atoms with Gasteiger partial charge >= 0.3 is 0 Å². The van der Waals surface area contributed by atoms with Crippen LogP contribution in [0.1, 0.15) is 19.8 Å². The number of rotatable bonds is 1. The molecule has 0 bridgehead atoms. The van der Waals surface area contributed by atoms with Gasteiger partial charge in [0.2, 0.25) is 0 Å². The lowest BCUT2D eigenvalue weighted by atomic mass is 10.2. The highest BCUT2D eigenvalue weighted by atomic mass is 32.2. The monoisotopic (exact) mass is 115 g/mol. The Morgan fingerprint density at radius 1 is 1.71 bits per heavy atom. The average Bonchev–Trinajstić information content (AvgIpc) is 2.14. The van der Waals surface area contributed by atoms with Crippen molar-refractivity contribution in [2.75, 3.05) is 5.75 Å². The maximum absolute atomic E-state index is 2.30. The first kappa shape index (κ1) is 5.49. The van der Waals surface area contributed by atoms with Gasteiger partial charge in [-0.2, -0.15) is 11.8 Å². The first-order valence-corrected chi connectivity index (χ1v) is 3.89. The van der Waals surface area contributed by atoms with Crippen molar-refractivity contribution >= 4 is 11.8 Å². The molecular formula is C6H11S. The number of hydrogen-bond donors (Lipinski definition) is 0. The summed E-state index contributed by atoms with van der Waals surface area (Å²) < 4.78 is 0. The van der Waals surface area contributed by atoms with E-state index in [9.17, 15) is 0 Å². The zero-order chi connectivity index (χ0) is 5.11. The highest BCUT2D eigenvalue weighted by Gasteiger charge is 2.11. The van der Waals surface area contributed by atoms with Crippen LogP contribution in [0.3, 0.4) is 0 Å². The van der Waals surface area contributed by atoms with E-state index in [2.05, 4.69) is 25.1 Å². The van der Waals surface area contributed by atoms with Gasteiger partial charge in [0.05, 0.1) is 0 Å². The molecule has 0 nitrogen and oxygen atoms in total. The van der Waals surface area contributed by atoms with E-state index in [4.69, 9.17) is 0 Å². The van der Waals surface area contributed by atoms with E-state index in [1.807, 2.05) is 0 Å². The van der Waals surface area contributed by atoms with Crippen LogP contribution in [-0.2, 0) is 0 Å². The fraction of sp³-hybridized carbons (Fsp3) is 0.833. The molecule has 1 aliphatic rings. The molecule has 7 heavy (non-hydrogen) atoms. The van der Waals surface area contributed by atoms with E-state index in [1.54, 1.807) is 0 Å². The Hall–Kier alpha value is 0.350. The summed E-state index contributed by atoms with van der Waals surface area (Å²) in [4.78, 5) is 0. The first-order chi connectivity index (χ1) is 3.43. The maximum Gasteiger partial charge on any atom is 0.00759 e. The molecule has 0 aliphatic carbocycles. The average molecular weight is 115 g/mol. The second-order valence-electron chi connectivity index (χ2n) is 1.88. The van der Waals surface area contributed by atoms with Gasteiger partial charge in [-0.05, 0) is 25.0 Å². The van der Waals surface area contributed by atoms with E-state index in [0.29, 0.717) is 0 Å². The van der Waals surface area contributed by atoms with Gasteiger partial charge in [0, 0.05) is 5.25 Å². The first-order valence-electron chi connectivity index (χ1n) is 2.84. The van der Waals surface area contributed by atoms with Gasteiger partial charge in [0.1, 0.15) is 0 Å². The molecule has 0 spiro atoms. The topological polar surface area (TPSA) is 0 Å². The van der Waals surface area contributed by atoms with E-state index >= 15 is 0 Å². The van der Waals surface area contributed by atoms with Gasteiger partial charge < -0.3 is 0 Å². The lowest BCUT2D eigenvalue weighted by Crippen LogP contribution is -1.91. The molecule has 0 N–H and O–H groups in total. The van der Waals surface area contributed by atoms with Crippen LogP contribution >= 0.6 is 11.8 Å². The molecule has 1 fully saturated rings. The van der Waals surface area contributed by atoms with Crippen molar-refractivity contribution in [3.05, 3.63) is 6.42 Å². The maximum atomic E-state index is 2.30. The minimum absolute atomic E-state index is 0.889. The summed E-state index contributed by atoms with van der Waals surface area (Å²) in [5.74, 6) is 1.38. The van der Waals surface area contributed by atoms with Crippen LogP contribution in [0, 0.1) is 6.42 Å². The van der Waals surface area contributed by atoms with Crippen molar-refractivity contribution in [3.63, 3.8) is 0 Å². The molecule has 1 radical (unpaired) electrons. The van der Waals surface area contributed by atoms with Crippen LogP contribution < -0.4 is 0 Å². The Morgan fingerprint density at radius 2 is 2.57 bits per heavy atom. The SMILES string of the molecule is C[CH]C1CCCS1. The van der Waals surface area contributed by atoms with E-state index in [-0.39, 0.29) is 0 Å².